The summed E-state index contributed by atoms with van der Waals surface area (Å²) < 4.78 is 2.22. The first-order chi connectivity index (χ1) is 16.0. The number of aromatic hydroxyl groups is 1. The number of para-hydroxylation sites is 1. The Hall–Kier alpha value is -3.11. The van der Waals surface area contributed by atoms with Crippen LogP contribution in [-0.4, -0.2) is 9.67 Å². The summed E-state index contributed by atoms with van der Waals surface area (Å²) in [6.45, 7) is 13.7. The zero-order valence-corrected chi connectivity index (χ0v) is 21.8. The largest absolute Gasteiger partial charge is 0.507 e. The predicted octanol–water partition coefficient (Wildman–Crippen LogP) is 7.80. The van der Waals surface area contributed by atoms with Gasteiger partial charge in [-0.1, -0.05) is 101 Å². The molecule has 0 aliphatic carbocycles. The van der Waals surface area contributed by atoms with E-state index in [9.17, 15) is 5.11 Å². The summed E-state index contributed by atoms with van der Waals surface area (Å²) in [5.41, 5.74) is 4.89. The Bertz CT molecular complexity index is 1300. The normalized spacial score (nSPS) is 12.8. The van der Waals surface area contributed by atoms with Crippen molar-refractivity contribution in [3.05, 3.63) is 100 Å². The molecule has 0 unspecified atom stereocenters. The van der Waals surface area contributed by atoms with E-state index in [2.05, 4.69) is 88.7 Å². The van der Waals surface area contributed by atoms with E-state index in [0.717, 1.165) is 38.6 Å². The van der Waals surface area contributed by atoms with E-state index in [1.165, 1.54) is 5.56 Å². The van der Waals surface area contributed by atoms with Crippen LogP contribution in [0, 0.1) is 0 Å². The van der Waals surface area contributed by atoms with Crippen molar-refractivity contribution in [1.29, 1.82) is 0 Å². The van der Waals surface area contributed by atoms with Crippen LogP contribution in [0.5, 0.6) is 5.75 Å². The molecule has 3 nitrogen and oxygen atoms in total. The van der Waals surface area contributed by atoms with Gasteiger partial charge in [-0.25, -0.2) is 4.99 Å². The SMILES string of the molecule is CC(C)(C)c1cc(-c2cn(Cc3ccccc3)c(=Nc3ccccc3)s2)cc(C(C)(C)C)c1O. The molecule has 4 heteroatoms. The first-order valence-corrected chi connectivity index (χ1v) is 12.6. The van der Waals surface area contributed by atoms with E-state index in [1.807, 2.05) is 36.4 Å². The average molecular weight is 471 g/mol. The van der Waals surface area contributed by atoms with Gasteiger partial charge in [-0.3, -0.25) is 0 Å². The molecular formula is C30H34N2OS. The summed E-state index contributed by atoms with van der Waals surface area (Å²) in [6.07, 6.45) is 2.20. The lowest BCUT2D eigenvalue weighted by Crippen LogP contribution is -2.17. The van der Waals surface area contributed by atoms with Gasteiger partial charge in [-0.05, 0) is 46.2 Å². The topological polar surface area (TPSA) is 37.5 Å². The van der Waals surface area contributed by atoms with Gasteiger partial charge in [0.15, 0.2) is 4.80 Å². The maximum atomic E-state index is 11.2. The maximum absolute atomic E-state index is 11.2. The van der Waals surface area contributed by atoms with Gasteiger partial charge >= 0.3 is 0 Å². The van der Waals surface area contributed by atoms with Crippen molar-refractivity contribution in [2.45, 2.75) is 58.9 Å². The quantitative estimate of drug-likeness (QED) is 0.325. The molecule has 1 aromatic heterocycles. The van der Waals surface area contributed by atoms with Crippen LogP contribution in [0.25, 0.3) is 10.4 Å². The third-order valence-corrected chi connectivity index (χ3v) is 6.98. The molecule has 0 saturated heterocycles. The third-order valence-electron chi connectivity index (χ3n) is 5.91. The first-order valence-electron chi connectivity index (χ1n) is 11.7. The lowest BCUT2D eigenvalue weighted by atomic mass is 9.78. The Morgan fingerprint density at radius 2 is 1.32 bits per heavy atom. The number of aromatic nitrogens is 1. The van der Waals surface area contributed by atoms with E-state index >= 15 is 0 Å². The Morgan fingerprint density at radius 3 is 1.85 bits per heavy atom. The molecule has 34 heavy (non-hydrogen) atoms. The van der Waals surface area contributed by atoms with Crippen LogP contribution < -0.4 is 4.80 Å². The lowest BCUT2D eigenvalue weighted by molar-refractivity contribution is 0.423. The zero-order valence-electron chi connectivity index (χ0n) is 21.0. The van der Waals surface area contributed by atoms with Crippen LogP contribution in [0.4, 0.5) is 5.69 Å². The lowest BCUT2D eigenvalue weighted by Gasteiger charge is -2.28. The molecule has 176 valence electrons. The second-order valence-electron chi connectivity index (χ2n) is 10.9. The molecule has 1 heterocycles. The van der Waals surface area contributed by atoms with Crippen LogP contribution >= 0.6 is 11.3 Å². The average Bonchev–Trinajstić information content (AvgIpc) is 3.16. The Labute approximate surface area is 207 Å². The summed E-state index contributed by atoms with van der Waals surface area (Å²) in [4.78, 5) is 7.07. The fraction of sp³-hybridized carbons (Fsp3) is 0.300. The van der Waals surface area contributed by atoms with Gasteiger partial charge in [-0.15, -0.1) is 0 Å². The molecule has 0 bridgehead atoms. The second kappa shape index (κ2) is 9.27. The minimum absolute atomic E-state index is 0.172. The van der Waals surface area contributed by atoms with Crippen LogP contribution in [-0.2, 0) is 17.4 Å². The number of benzene rings is 3. The van der Waals surface area contributed by atoms with Gasteiger partial charge < -0.3 is 9.67 Å². The molecule has 0 atom stereocenters. The van der Waals surface area contributed by atoms with Gasteiger partial charge in [0.05, 0.1) is 10.6 Å². The van der Waals surface area contributed by atoms with Gasteiger partial charge in [0, 0.05) is 23.9 Å². The molecule has 0 aliphatic heterocycles. The van der Waals surface area contributed by atoms with Crippen molar-refractivity contribution in [1.82, 2.24) is 4.57 Å². The van der Waals surface area contributed by atoms with Gasteiger partial charge in [0.25, 0.3) is 0 Å². The van der Waals surface area contributed by atoms with Crippen LogP contribution in [0.1, 0.15) is 58.2 Å². The monoisotopic (exact) mass is 470 g/mol. The summed E-state index contributed by atoms with van der Waals surface area (Å²) in [5.74, 6) is 0.409. The van der Waals surface area contributed by atoms with Crippen LogP contribution in [0.3, 0.4) is 0 Å². The molecule has 0 amide bonds. The summed E-state index contributed by atoms with van der Waals surface area (Å²) in [5, 5.41) is 11.2. The minimum atomic E-state index is -0.172. The standard InChI is InChI=1S/C30H34N2OS/c1-29(2,3)24-17-22(18-25(27(24)33)30(4,5)6)26-20-32(19-21-13-9-7-10-14-21)28(34-26)31-23-15-11-8-12-16-23/h7-18,20,33H,19H2,1-6H3. The number of nitrogens with zero attached hydrogens (tertiary/aromatic N) is 2. The summed E-state index contributed by atoms with van der Waals surface area (Å²) >= 11 is 1.69. The van der Waals surface area contributed by atoms with Gasteiger partial charge in [0.2, 0.25) is 0 Å². The Kier molecular flexibility index (Phi) is 6.55. The molecule has 3 aromatic carbocycles. The van der Waals surface area contributed by atoms with Crippen molar-refractivity contribution in [2.75, 3.05) is 0 Å². The molecule has 0 saturated carbocycles. The van der Waals surface area contributed by atoms with Gasteiger partial charge in [-0.2, -0.15) is 0 Å². The Balaban J connectivity index is 1.91. The number of phenolic OH excluding ortho intramolecular Hbond substituents is 1. The number of hydrogen-bond donors (Lipinski definition) is 1. The van der Waals surface area contributed by atoms with E-state index in [-0.39, 0.29) is 10.8 Å². The second-order valence-corrected chi connectivity index (χ2v) is 11.9. The fourth-order valence-corrected chi connectivity index (χ4v) is 5.03. The molecule has 0 radical (unpaired) electrons. The van der Waals surface area contributed by atoms with Crippen molar-refractivity contribution >= 4 is 17.0 Å². The van der Waals surface area contributed by atoms with Crippen molar-refractivity contribution < 1.29 is 5.11 Å². The molecule has 4 aromatic rings. The first kappa shape index (κ1) is 24.0. The number of thiazole rings is 1. The third kappa shape index (κ3) is 5.34. The maximum Gasteiger partial charge on any atom is 0.190 e. The van der Waals surface area contributed by atoms with E-state index in [0.29, 0.717) is 5.75 Å². The molecule has 0 spiro atoms. The van der Waals surface area contributed by atoms with Crippen molar-refractivity contribution in [3.8, 4) is 16.2 Å². The molecule has 1 N–H and O–H groups in total. The van der Waals surface area contributed by atoms with E-state index in [4.69, 9.17) is 4.99 Å². The number of rotatable bonds is 4. The highest BCUT2D eigenvalue weighted by molar-refractivity contribution is 7.12. The minimum Gasteiger partial charge on any atom is -0.507 e. The summed E-state index contributed by atoms with van der Waals surface area (Å²) in [7, 11) is 0. The van der Waals surface area contributed by atoms with Crippen LogP contribution in [0.2, 0.25) is 0 Å². The van der Waals surface area contributed by atoms with Crippen LogP contribution in [0.15, 0.2) is 84.0 Å². The molecule has 0 fully saturated rings. The van der Waals surface area contributed by atoms with Crippen molar-refractivity contribution in [2.24, 2.45) is 4.99 Å². The van der Waals surface area contributed by atoms with Crippen molar-refractivity contribution in [3.63, 3.8) is 0 Å². The van der Waals surface area contributed by atoms with E-state index in [1.54, 1.807) is 11.3 Å². The summed E-state index contributed by atoms with van der Waals surface area (Å²) in [6, 6.07) is 24.9. The Morgan fingerprint density at radius 1 is 0.794 bits per heavy atom. The highest BCUT2D eigenvalue weighted by atomic mass is 32.1. The highest BCUT2D eigenvalue weighted by Crippen LogP contribution is 2.42. The van der Waals surface area contributed by atoms with E-state index < -0.39 is 0 Å². The van der Waals surface area contributed by atoms with Gasteiger partial charge in [0.1, 0.15) is 5.75 Å². The highest BCUT2D eigenvalue weighted by Gasteiger charge is 2.27. The smallest absolute Gasteiger partial charge is 0.190 e. The fourth-order valence-electron chi connectivity index (χ4n) is 4.03. The predicted molar refractivity (Wildman–Crippen MR) is 144 cm³/mol. The number of hydrogen-bond acceptors (Lipinski definition) is 3. The molecule has 0 aliphatic rings. The number of phenols is 1. The molecule has 4 rings (SSSR count). The zero-order chi connectivity index (χ0) is 24.5. The molecular weight excluding hydrogens is 436 g/mol.